The van der Waals surface area contributed by atoms with Gasteiger partial charge in [0.1, 0.15) is 12.0 Å². The van der Waals surface area contributed by atoms with Crippen LogP contribution >= 0.6 is 0 Å². The Morgan fingerprint density at radius 3 is 3.00 bits per heavy atom. The van der Waals surface area contributed by atoms with Crippen molar-refractivity contribution >= 4 is 6.08 Å². The highest BCUT2D eigenvalue weighted by Gasteiger charge is 1.94. The van der Waals surface area contributed by atoms with Crippen molar-refractivity contribution < 1.29 is 9.52 Å². The van der Waals surface area contributed by atoms with Gasteiger partial charge in [-0.05, 0) is 18.6 Å². The Morgan fingerprint density at radius 1 is 1.69 bits per heavy atom. The molecule has 0 unspecified atom stereocenters. The number of allylic oxidation sites excluding steroid dienone is 2. The lowest BCUT2D eigenvalue weighted by atomic mass is 10.2. The summed E-state index contributed by atoms with van der Waals surface area (Å²) in [5, 5.41) is 8.54. The maximum atomic E-state index is 8.54. The Labute approximate surface area is 77.4 Å². The van der Waals surface area contributed by atoms with Crippen LogP contribution in [0.3, 0.4) is 0 Å². The molecule has 1 N–H and O–H groups in total. The zero-order valence-corrected chi connectivity index (χ0v) is 7.82. The summed E-state index contributed by atoms with van der Waals surface area (Å²) in [6.07, 6.45) is 7.01. The summed E-state index contributed by atoms with van der Waals surface area (Å²) in [4.78, 5) is 4.12. The third-order valence-corrected chi connectivity index (χ3v) is 1.50. The van der Waals surface area contributed by atoms with Gasteiger partial charge in [0.15, 0.2) is 5.89 Å². The molecule has 0 aliphatic rings. The van der Waals surface area contributed by atoms with Crippen molar-refractivity contribution in [3.8, 4) is 0 Å². The molecule has 3 nitrogen and oxygen atoms in total. The summed E-state index contributed by atoms with van der Waals surface area (Å²) < 4.78 is 5.04. The van der Waals surface area contributed by atoms with Gasteiger partial charge in [-0.15, -0.1) is 0 Å². The van der Waals surface area contributed by atoms with E-state index in [0.29, 0.717) is 5.89 Å². The minimum Gasteiger partial charge on any atom is -0.449 e. The number of aliphatic hydroxyl groups is 1. The molecule has 0 radical (unpaired) electrons. The first-order valence-electron chi connectivity index (χ1n) is 4.10. The highest BCUT2D eigenvalue weighted by Crippen LogP contribution is 2.06. The summed E-state index contributed by atoms with van der Waals surface area (Å²) in [6, 6.07) is 0. The van der Waals surface area contributed by atoms with E-state index in [4.69, 9.17) is 9.52 Å². The van der Waals surface area contributed by atoms with E-state index in [1.807, 2.05) is 19.1 Å². The van der Waals surface area contributed by atoms with Crippen molar-refractivity contribution in [3.05, 3.63) is 35.6 Å². The van der Waals surface area contributed by atoms with Gasteiger partial charge in [0, 0.05) is 6.92 Å². The van der Waals surface area contributed by atoms with Gasteiger partial charge in [0.25, 0.3) is 0 Å². The highest BCUT2D eigenvalue weighted by atomic mass is 16.3. The predicted octanol–water partition coefficient (Wildman–Crippen LogP) is 1.93. The van der Waals surface area contributed by atoms with Crippen LogP contribution in [0.4, 0.5) is 0 Å². The Hall–Kier alpha value is -1.35. The molecular formula is C10H13NO2. The van der Waals surface area contributed by atoms with Gasteiger partial charge in [0.2, 0.25) is 0 Å². The molecule has 0 saturated heterocycles. The second kappa shape index (κ2) is 4.62. The van der Waals surface area contributed by atoms with E-state index >= 15 is 0 Å². The van der Waals surface area contributed by atoms with Gasteiger partial charge < -0.3 is 9.52 Å². The Bertz CT molecular complexity index is 323. The first kappa shape index (κ1) is 9.74. The van der Waals surface area contributed by atoms with Crippen LogP contribution in [0.1, 0.15) is 18.5 Å². The summed E-state index contributed by atoms with van der Waals surface area (Å²) in [7, 11) is 0. The van der Waals surface area contributed by atoms with Gasteiger partial charge in [-0.1, -0.05) is 12.2 Å². The molecule has 0 spiro atoms. The predicted molar refractivity (Wildman–Crippen MR) is 51.1 cm³/mol. The lowest BCUT2D eigenvalue weighted by Crippen LogP contribution is -1.76. The zero-order chi connectivity index (χ0) is 9.68. The van der Waals surface area contributed by atoms with E-state index in [1.54, 1.807) is 19.3 Å². The first-order valence-corrected chi connectivity index (χ1v) is 4.10. The molecule has 1 aromatic heterocycles. The smallest absolute Gasteiger partial charge is 0.191 e. The van der Waals surface area contributed by atoms with Crippen molar-refractivity contribution in [1.29, 1.82) is 0 Å². The fourth-order valence-electron chi connectivity index (χ4n) is 0.966. The van der Waals surface area contributed by atoms with Crippen molar-refractivity contribution in [2.45, 2.75) is 13.8 Å². The summed E-state index contributed by atoms with van der Waals surface area (Å²) >= 11 is 0. The minimum atomic E-state index is 0.0586. The minimum absolute atomic E-state index is 0.0586. The molecule has 3 heteroatoms. The third kappa shape index (κ3) is 3.25. The second-order valence-corrected chi connectivity index (χ2v) is 2.76. The largest absolute Gasteiger partial charge is 0.449 e. The topological polar surface area (TPSA) is 46.3 Å². The van der Waals surface area contributed by atoms with Gasteiger partial charge in [-0.3, -0.25) is 0 Å². The van der Waals surface area contributed by atoms with E-state index in [1.165, 1.54) is 0 Å². The van der Waals surface area contributed by atoms with E-state index in [9.17, 15) is 0 Å². The molecule has 70 valence electrons. The standard InChI is InChI=1S/C10H13NO2/c1-8(4-3-5-12)6-10-7-13-9(2)11-10/h3-4,6-7,12H,5H2,1-2H3. The Morgan fingerprint density at radius 2 is 2.46 bits per heavy atom. The summed E-state index contributed by atoms with van der Waals surface area (Å²) in [6.45, 7) is 3.80. The molecule has 0 aromatic carbocycles. The molecule has 0 amide bonds. The number of nitrogens with zero attached hydrogens (tertiary/aromatic N) is 1. The monoisotopic (exact) mass is 179 g/mol. The number of aryl methyl sites for hydroxylation is 1. The fourth-order valence-corrected chi connectivity index (χ4v) is 0.966. The number of aliphatic hydroxyl groups excluding tert-OH is 1. The van der Waals surface area contributed by atoms with Crippen LogP contribution in [0, 0.1) is 6.92 Å². The number of hydrogen-bond acceptors (Lipinski definition) is 3. The quantitative estimate of drug-likeness (QED) is 0.721. The van der Waals surface area contributed by atoms with E-state index in [-0.39, 0.29) is 6.61 Å². The third-order valence-electron chi connectivity index (χ3n) is 1.50. The normalized spacial score (nSPS) is 12.7. The average Bonchev–Trinajstić information content (AvgIpc) is 2.48. The number of hydrogen-bond donors (Lipinski definition) is 1. The molecule has 0 aliphatic heterocycles. The van der Waals surface area contributed by atoms with Crippen LogP contribution in [-0.4, -0.2) is 16.7 Å². The van der Waals surface area contributed by atoms with E-state index in [0.717, 1.165) is 11.3 Å². The van der Waals surface area contributed by atoms with Crippen molar-refractivity contribution in [1.82, 2.24) is 4.98 Å². The van der Waals surface area contributed by atoms with Crippen LogP contribution in [-0.2, 0) is 0 Å². The second-order valence-electron chi connectivity index (χ2n) is 2.76. The molecule has 1 aromatic rings. The molecule has 0 aliphatic carbocycles. The van der Waals surface area contributed by atoms with E-state index < -0.39 is 0 Å². The summed E-state index contributed by atoms with van der Waals surface area (Å²) in [5.74, 6) is 0.658. The first-order chi connectivity index (χ1) is 6.22. The van der Waals surface area contributed by atoms with Crippen LogP contribution in [0.15, 0.2) is 28.4 Å². The molecular weight excluding hydrogens is 166 g/mol. The average molecular weight is 179 g/mol. The maximum Gasteiger partial charge on any atom is 0.191 e. The molecule has 0 saturated carbocycles. The van der Waals surface area contributed by atoms with Gasteiger partial charge >= 0.3 is 0 Å². The number of rotatable bonds is 3. The van der Waals surface area contributed by atoms with Gasteiger partial charge in [-0.25, -0.2) is 4.98 Å². The highest BCUT2D eigenvalue weighted by molar-refractivity contribution is 5.50. The van der Waals surface area contributed by atoms with Crippen LogP contribution in [0.2, 0.25) is 0 Å². The van der Waals surface area contributed by atoms with Crippen molar-refractivity contribution in [2.24, 2.45) is 0 Å². The maximum absolute atomic E-state index is 8.54. The molecule has 1 rings (SSSR count). The zero-order valence-electron chi connectivity index (χ0n) is 7.82. The Kier molecular flexibility index (Phi) is 3.46. The van der Waals surface area contributed by atoms with Gasteiger partial charge in [0.05, 0.1) is 6.61 Å². The van der Waals surface area contributed by atoms with Crippen LogP contribution < -0.4 is 0 Å². The van der Waals surface area contributed by atoms with Crippen LogP contribution in [0.5, 0.6) is 0 Å². The van der Waals surface area contributed by atoms with Crippen molar-refractivity contribution in [3.63, 3.8) is 0 Å². The SMILES string of the molecule is CC(C=CCO)=Cc1coc(C)n1. The molecule has 13 heavy (non-hydrogen) atoms. The van der Waals surface area contributed by atoms with Crippen LogP contribution in [0.25, 0.3) is 6.08 Å². The molecule has 1 heterocycles. The lowest BCUT2D eigenvalue weighted by molar-refractivity contribution is 0.342. The Balaban J connectivity index is 2.70. The molecule has 0 atom stereocenters. The molecule has 0 bridgehead atoms. The molecule has 0 fully saturated rings. The number of aromatic nitrogens is 1. The van der Waals surface area contributed by atoms with Crippen molar-refractivity contribution in [2.75, 3.05) is 6.61 Å². The van der Waals surface area contributed by atoms with E-state index in [2.05, 4.69) is 4.98 Å². The van der Waals surface area contributed by atoms with Gasteiger partial charge in [-0.2, -0.15) is 0 Å². The lowest BCUT2D eigenvalue weighted by Gasteiger charge is -1.88. The summed E-state index contributed by atoms with van der Waals surface area (Å²) in [5.41, 5.74) is 1.83. The number of oxazole rings is 1. The fraction of sp³-hybridized carbons (Fsp3) is 0.300.